The van der Waals surface area contributed by atoms with Gasteiger partial charge in [0.25, 0.3) is 0 Å². The van der Waals surface area contributed by atoms with Gasteiger partial charge in [-0.1, -0.05) is 0 Å². The van der Waals surface area contributed by atoms with Crippen LogP contribution in [-0.2, 0) is 14.3 Å². The molecule has 1 N–H and O–H groups in total. The Labute approximate surface area is 124 Å². The number of ether oxygens (including phenoxy) is 3. The lowest BCUT2D eigenvalue weighted by atomic mass is 10.3. The van der Waals surface area contributed by atoms with E-state index in [1.54, 1.807) is 19.2 Å². The van der Waals surface area contributed by atoms with Gasteiger partial charge >= 0.3 is 0 Å². The molecule has 0 aromatic heterocycles. The maximum atomic E-state index is 13.4. The van der Waals surface area contributed by atoms with Crippen LogP contribution in [0.25, 0.3) is 0 Å². The molecule has 21 heavy (non-hydrogen) atoms. The molecule has 0 heterocycles. The lowest BCUT2D eigenvalue weighted by Crippen LogP contribution is -2.11. The van der Waals surface area contributed by atoms with Crippen LogP contribution in [0.5, 0.6) is 5.75 Å². The van der Waals surface area contributed by atoms with Crippen LogP contribution < -0.4 is 10.1 Å². The van der Waals surface area contributed by atoms with Crippen molar-refractivity contribution >= 4 is 11.5 Å². The summed E-state index contributed by atoms with van der Waals surface area (Å²) in [6.07, 6.45) is 0.705. The minimum Gasteiger partial charge on any atom is -0.488 e. The van der Waals surface area contributed by atoms with Gasteiger partial charge in [-0.05, 0) is 25.5 Å². The van der Waals surface area contributed by atoms with Crippen LogP contribution in [0.2, 0.25) is 0 Å². The van der Waals surface area contributed by atoms with E-state index in [1.165, 1.54) is 13.0 Å². The van der Waals surface area contributed by atoms with Crippen LogP contribution in [0.4, 0.5) is 10.1 Å². The molecule has 5 nitrogen and oxygen atoms in total. The van der Waals surface area contributed by atoms with Crippen LogP contribution >= 0.6 is 0 Å². The molecule has 1 aromatic rings. The number of rotatable bonds is 11. The van der Waals surface area contributed by atoms with Crippen molar-refractivity contribution in [3.63, 3.8) is 0 Å². The number of nitrogens with one attached hydrogen (secondary N) is 1. The SMILES string of the molecule is CNc1ccc(F)c(OCCOCCCOCC(C)=O)c1. The molecular weight excluding hydrogens is 277 g/mol. The zero-order valence-electron chi connectivity index (χ0n) is 12.5. The molecule has 6 heteroatoms. The fraction of sp³-hybridized carbons (Fsp3) is 0.533. The van der Waals surface area contributed by atoms with Gasteiger partial charge in [-0.25, -0.2) is 4.39 Å². The molecule has 0 spiro atoms. The number of hydrogen-bond acceptors (Lipinski definition) is 5. The Hall–Kier alpha value is -1.66. The third kappa shape index (κ3) is 7.63. The Morgan fingerprint density at radius 1 is 1.19 bits per heavy atom. The van der Waals surface area contributed by atoms with E-state index in [2.05, 4.69) is 5.32 Å². The van der Waals surface area contributed by atoms with Gasteiger partial charge in [0.05, 0.1) is 6.61 Å². The number of ketones is 1. The molecular formula is C15H22FNO4. The minimum atomic E-state index is -0.397. The number of benzene rings is 1. The molecule has 0 saturated heterocycles. The molecule has 1 rings (SSSR count). The third-order valence-electron chi connectivity index (χ3n) is 2.59. The third-order valence-corrected chi connectivity index (χ3v) is 2.59. The van der Waals surface area contributed by atoms with E-state index in [0.717, 1.165) is 5.69 Å². The number of hydrogen-bond donors (Lipinski definition) is 1. The highest BCUT2D eigenvalue weighted by molar-refractivity contribution is 5.76. The molecule has 0 amide bonds. The molecule has 0 aliphatic heterocycles. The van der Waals surface area contributed by atoms with E-state index in [9.17, 15) is 9.18 Å². The second-order valence-corrected chi connectivity index (χ2v) is 4.46. The largest absolute Gasteiger partial charge is 0.488 e. The Morgan fingerprint density at radius 2 is 1.95 bits per heavy atom. The highest BCUT2D eigenvalue weighted by Gasteiger charge is 2.04. The quantitative estimate of drug-likeness (QED) is 0.635. The normalized spacial score (nSPS) is 10.4. The first-order valence-electron chi connectivity index (χ1n) is 6.88. The number of anilines is 1. The number of carbonyl (C=O) groups is 1. The maximum Gasteiger partial charge on any atom is 0.165 e. The summed E-state index contributed by atoms with van der Waals surface area (Å²) in [5, 5.41) is 2.92. The Balaban J connectivity index is 2.08. The average molecular weight is 299 g/mol. The molecule has 0 aliphatic carbocycles. The standard InChI is InChI=1S/C15H22FNO4/c1-12(18)11-20-7-3-6-19-8-9-21-15-10-13(17-2)4-5-14(15)16/h4-5,10,17H,3,6-9,11H2,1-2H3. The molecule has 0 unspecified atom stereocenters. The molecule has 0 radical (unpaired) electrons. The lowest BCUT2D eigenvalue weighted by Gasteiger charge is -2.09. The number of Topliss-reactive ketones (excluding diaryl/α,β-unsaturated/α-hetero) is 1. The summed E-state index contributed by atoms with van der Waals surface area (Å²) < 4.78 is 29.2. The van der Waals surface area contributed by atoms with Crippen LogP contribution in [0.15, 0.2) is 18.2 Å². The van der Waals surface area contributed by atoms with Crippen LogP contribution in [-0.4, -0.2) is 45.9 Å². The number of halogens is 1. The first kappa shape index (κ1) is 17.4. The summed E-state index contributed by atoms with van der Waals surface area (Å²) in [4.78, 5) is 10.6. The van der Waals surface area contributed by atoms with Crippen molar-refractivity contribution in [1.29, 1.82) is 0 Å². The molecule has 118 valence electrons. The summed E-state index contributed by atoms with van der Waals surface area (Å²) in [5.41, 5.74) is 0.787. The van der Waals surface area contributed by atoms with Gasteiger partial charge in [0.2, 0.25) is 0 Å². The van der Waals surface area contributed by atoms with Gasteiger partial charge < -0.3 is 19.5 Å². The van der Waals surface area contributed by atoms with Gasteiger partial charge in [0.1, 0.15) is 13.2 Å². The van der Waals surface area contributed by atoms with Gasteiger partial charge in [0, 0.05) is 32.0 Å². The van der Waals surface area contributed by atoms with Gasteiger partial charge in [-0.15, -0.1) is 0 Å². The Bertz CT molecular complexity index is 440. The van der Waals surface area contributed by atoms with Crippen molar-refractivity contribution in [1.82, 2.24) is 0 Å². The predicted molar refractivity (Wildman–Crippen MR) is 78.4 cm³/mol. The number of carbonyl (C=O) groups excluding carboxylic acids is 1. The topological polar surface area (TPSA) is 56.8 Å². The minimum absolute atomic E-state index is 0.00939. The van der Waals surface area contributed by atoms with Crippen molar-refractivity contribution in [3.8, 4) is 5.75 Å². The fourth-order valence-corrected chi connectivity index (χ4v) is 1.56. The van der Waals surface area contributed by atoms with Crippen molar-refractivity contribution in [2.75, 3.05) is 45.4 Å². The van der Waals surface area contributed by atoms with Crippen molar-refractivity contribution in [2.45, 2.75) is 13.3 Å². The highest BCUT2D eigenvalue weighted by Crippen LogP contribution is 2.21. The smallest absolute Gasteiger partial charge is 0.165 e. The second-order valence-electron chi connectivity index (χ2n) is 4.46. The summed E-state index contributed by atoms with van der Waals surface area (Å²) in [6, 6.07) is 4.60. The Morgan fingerprint density at radius 3 is 2.67 bits per heavy atom. The summed E-state index contributed by atoms with van der Waals surface area (Å²) in [7, 11) is 1.76. The molecule has 0 saturated carbocycles. The van der Waals surface area contributed by atoms with E-state index in [0.29, 0.717) is 26.2 Å². The molecule has 0 fully saturated rings. The molecule has 0 bridgehead atoms. The monoisotopic (exact) mass is 299 g/mol. The van der Waals surface area contributed by atoms with E-state index in [1.807, 2.05) is 0 Å². The molecule has 1 aromatic carbocycles. The first-order valence-corrected chi connectivity index (χ1v) is 6.88. The highest BCUT2D eigenvalue weighted by atomic mass is 19.1. The zero-order chi connectivity index (χ0) is 15.5. The van der Waals surface area contributed by atoms with E-state index >= 15 is 0 Å². The maximum absolute atomic E-state index is 13.4. The summed E-state index contributed by atoms with van der Waals surface area (Å²) in [5.74, 6) is -0.183. The van der Waals surface area contributed by atoms with Crippen LogP contribution in [0.1, 0.15) is 13.3 Å². The van der Waals surface area contributed by atoms with Gasteiger partial charge in [-0.2, -0.15) is 0 Å². The Kier molecular flexibility index (Phi) is 8.38. The summed E-state index contributed by atoms with van der Waals surface area (Å²) >= 11 is 0. The summed E-state index contributed by atoms with van der Waals surface area (Å²) in [6.45, 7) is 3.27. The van der Waals surface area contributed by atoms with Crippen molar-refractivity contribution in [2.24, 2.45) is 0 Å². The van der Waals surface area contributed by atoms with E-state index < -0.39 is 5.82 Å². The first-order chi connectivity index (χ1) is 10.1. The zero-order valence-corrected chi connectivity index (χ0v) is 12.5. The predicted octanol–water partition coefficient (Wildman–Crippen LogP) is 2.26. The van der Waals surface area contributed by atoms with Crippen molar-refractivity contribution in [3.05, 3.63) is 24.0 Å². The lowest BCUT2D eigenvalue weighted by molar-refractivity contribution is -0.121. The van der Waals surface area contributed by atoms with Gasteiger partial charge in [0.15, 0.2) is 17.3 Å². The van der Waals surface area contributed by atoms with E-state index in [4.69, 9.17) is 14.2 Å². The second kappa shape index (κ2) is 10.1. The van der Waals surface area contributed by atoms with Crippen LogP contribution in [0, 0.1) is 5.82 Å². The van der Waals surface area contributed by atoms with Crippen LogP contribution in [0.3, 0.4) is 0 Å². The molecule has 0 aliphatic rings. The fourth-order valence-electron chi connectivity index (χ4n) is 1.56. The van der Waals surface area contributed by atoms with Gasteiger partial charge in [-0.3, -0.25) is 4.79 Å². The van der Waals surface area contributed by atoms with Crippen molar-refractivity contribution < 1.29 is 23.4 Å². The average Bonchev–Trinajstić information content (AvgIpc) is 2.47. The van der Waals surface area contributed by atoms with E-state index in [-0.39, 0.29) is 24.7 Å². The molecule has 0 atom stereocenters.